The van der Waals surface area contributed by atoms with Gasteiger partial charge in [0.25, 0.3) is 0 Å². The Labute approximate surface area is 136 Å². The lowest BCUT2D eigenvalue weighted by Crippen LogP contribution is -2.39. The van der Waals surface area contributed by atoms with Gasteiger partial charge in [0.2, 0.25) is 10.0 Å². The van der Waals surface area contributed by atoms with E-state index < -0.39 is 21.4 Å². The molecule has 6 nitrogen and oxygen atoms in total. The summed E-state index contributed by atoms with van der Waals surface area (Å²) in [5.74, 6) is -1.17. The van der Waals surface area contributed by atoms with E-state index in [9.17, 15) is 18.3 Å². The lowest BCUT2D eigenvalue weighted by Gasteiger charge is -2.29. The Balaban J connectivity index is 3.00. The van der Waals surface area contributed by atoms with Crippen LogP contribution in [0.3, 0.4) is 0 Å². The highest BCUT2D eigenvalue weighted by Crippen LogP contribution is 2.32. The lowest BCUT2D eigenvalue weighted by atomic mass is 9.84. The number of rotatable bonds is 8. The molecule has 0 fully saturated rings. The summed E-state index contributed by atoms with van der Waals surface area (Å²) in [5, 5.41) is 18.4. The average molecular weight is 400 g/mol. The second-order valence-corrected chi connectivity index (χ2v) is 8.85. The van der Waals surface area contributed by atoms with E-state index in [4.69, 9.17) is 5.11 Å². The summed E-state index contributed by atoms with van der Waals surface area (Å²) < 4.78 is 27.3. The highest BCUT2D eigenvalue weighted by molar-refractivity contribution is 9.11. The molecular weight excluding hydrogens is 382 g/mol. The maximum atomic E-state index is 12.3. The fourth-order valence-corrected chi connectivity index (χ4v) is 5.30. The number of carboxylic acids is 1. The molecule has 0 spiro atoms. The topological polar surface area (TPSA) is 104 Å². The molecule has 21 heavy (non-hydrogen) atoms. The van der Waals surface area contributed by atoms with Crippen LogP contribution in [0, 0.1) is 5.41 Å². The van der Waals surface area contributed by atoms with Crippen LogP contribution in [0.1, 0.15) is 36.4 Å². The van der Waals surface area contributed by atoms with Crippen molar-refractivity contribution in [3.05, 3.63) is 14.7 Å². The Hall–Kier alpha value is -0.480. The molecule has 1 aromatic rings. The number of aliphatic hydroxyl groups is 1. The number of carbonyl (C=O) groups is 1. The normalized spacial score (nSPS) is 12.6. The molecule has 0 aliphatic carbocycles. The van der Waals surface area contributed by atoms with Crippen LogP contribution in [0.5, 0.6) is 0 Å². The van der Waals surface area contributed by atoms with Crippen LogP contribution in [-0.4, -0.2) is 37.8 Å². The van der Waals surface area contributed by atoms with Gasteiger partial charge in [0.15, 0.2) is 0 Å². The SMILES string of the molecule is CCC(CC)(CO)CNS(=O)(=O)c1cc(C(=O)O)sc1Br. The number of sulfonamides is 1. The average Bonchev–Trinajstić information content (AvgIpc) is 2.84. The van der Waals surface area contributed by atoms with Crippen molar-refractivity contribution in [2.75, 3.05) is 13.2 Å². The minimum atomic E-state index is -3.83. The molecule has 9 heteroatoms. The fourth-order valence-electron chi connectivity index (χ4n) is 1.75. The van der Waals surface area contributed by atoms with E-state index in [1.807, 2.05) is 13.8 Å². The summed E-state index contributed by atoms with van der Waals surface area (Å²) in [4.78, 5) is 10.7. The smallest absolute Gasteiger partial charge is 0.345 e. The summed E-state index contributed by atoms with van der Waals surface area (Å²) in [6, 6.07) is 1.12. The number of aliphatic hydroxyl groups excluding tert-OH is 1. The minimum Gasteiger partial charge on any atom is -0.477 e. The number of carboxylic acid groups (broad SMARTS) is 1. The van der Waals surface area contributed by atoms with Crippen molar-refractivity contribution < 1.29 is 23.4 Å². The molecule has 1 heterocycles. The third kappa shape index (κ3) is 4.26. The zero-order chi connectivity index (χ0) is 16.3. The lowest BCUT2D eigenvalue weighted by molar-refractivity contribution is 0.0702. The number of halogens is 1. The van der Waals surface area contributed by atoms with E-state index in [2.05, 4.69) is 20.7 Å². The van der Waals surface area contributed by atoms with Gasteiger partial charge in [-0.25, -0.2) is 17.9 Å². The van der Waals surface area contributed by atoms with Crippen LogP contribution in [-0.2, 0) is 10.0 Å². The Morgan fingerprint density at radius 1 is 1.43 bits per heavy atom. The van der Waals surface area contributed by atoms with Crippen LogP contribution < -0.4 is 4.72 Å². The number of nitrogens with one attached hydrogen (secondary N) is 1. The first-order valence-corrected chi connectivity index (χ1v) is 9.43. The van der Waals surface area contributed by atoms with Crippen LogP contribution in [0.2, 0.25) is 0 Å². The monoisotopic (exact) mass is 399 g/mol. The first kappa shape index (κ1) is 18.6. The molecule has 120 valence electrons. The Bertz CT molecular complexity index is 599. The Morgan fingerprint density at radius 3 is 2.38 bits per heavy atom. The van der Waals surface area contributed by atoms with Gasteiger partial charge in [0.05, 0.1) is 3.79 Å². The number of hydrogen-bond donors (Lipinski definition) is 3. The summed E-state index contributed by atoms with van der Waals surface area (Å²) >= 11 is 3.93. The summed E-state index contributed by atoms with van der Waals surface area (Å²) in [5.41, 5.74) is -0.509. The molecule has 3 N–H and O–H groups in total. The third-order valence-electron chi connectivity index (χ3n) is 3.63. The summed E-state index contributed by atoms with van der Waals surface area (Å²) in [6.07, 6.45) is 1.27. The first-order chi connectivity index (χ1) is 9.71. The molecule has 0 atom stereocenters. The van der Waals surface area contributed by atoms with Crippen LogP contribution >= 0.6 is 27.3 Å². The van der Waals surface area contributed by atoms with Gasteiger partial charge in [-0.2, -0.15) is 0 Å². The van der Waals surface area contributed by atoms with E-state index in [1.165, 1.54) is 0 Å². The van der Waals surface area contributed by atoms with Gasteiger partial charge in [-0.15, -0.1) is 11.3 Å². The molecule has 1 rings (SSSR count). The van der Waals surface area contributed by atoms with E-state index in [1.54, 1.807) is 0 Å². The van der Waals surface area contributed by atoms with Gasteiger partial charge >= 0.3 is 5.97 Å². The highest BCUT2D eigenvalue weighted by atomic mass is 79.9. The van der Waals surface area contributed by atoms with E-state index in [0.29, 0.717) is 12.8 Å². The van der Waals surface area contributed by atoms with E-state index in [-0.39, 0.29) is 26.7 Å². The molecule has 0 amide bonds. The van der Waals surface area contributed by atoms with Gasteiger partial charge in [-0.3, -0.25) is 0 Å². The van der Waals surface area contributed by atoms with E-state index >= 15 is 0 Å². The molecule has 0 radical (unpaired) electrons. The molecule has 0 unspecified atom stereocenters. The van der Waals surface area contributed by atoms with Crippen molar-refractivity contribution in [1.82, 2.24) is 4.72 Å². The predicted octanol–water partition coefficient (Wildman–Crippen LogP) is 2.29. The first-order valence-electron chi connectivity index (χ1n) is 6.34. The molecule has 0 saturated heterocycles. The molecule has 0 aliphatic heterocycles. The van der Waals surface area contributed by atoms with Crippen LogP contribution in [0.15, 0.2) is 14.7 Å². The second kappa shape index (κ2) is 7.19. The maximum Gasteiger partial charge on any atom is 0.345 e. The van der Waals surface area contributed by atoms with Crippen molar-refractivity contribution in [3.63, 3.8) is 0 Å². The van der Waals surface area contributed by atoms with Gasteiger partial charge < -0.3 is 10.2 Å². The summed E-state index contributed by atoms with van der Waals surface area (Å²) in [6.45, 7) is 3.76. The van der Waals surface area contributed by atoms with E-state index in [0.717, 1.165) is 17.4 Å². The number of hydrogen-bond acceptors (Lipinski definition) is 5. The number of thiophene rings is 1. The van der Waals surface area contributed by atoms with Crippen molar-refractivity contribution in [2.24, 2.45) is 5.41 Å². The second-order valence-electron chi connectivity index (χ2n) is 4.74. The van der Waals surface area contributed by atoms with Gasteiger partial charge in [-0.1, -0.05) is 13.8 Å². The van der Waals surface area contributed by atoms with Gasteiger partial charge in [0.1, 0.15) is 9.77 Å². The molecular formula is C12H18BrNO5S2. The van der Waals surface area contributed by atoms with Crippen LogP contribution in [0.25, 0.3) is 0 Å². The summed E-state index contributed by atoms with van der Waals surface area (Å²) in [7, 11) is -3.83. The predicted molar refractivity (Wildman–Crippen MR) is 84.3 cm³/mol. The molecule has 0 aromatic carbocycles. The maximum absolute atomic E-state index is 12.3. The molecule has 0 saturated carbocycles. The van der Waals surface area contributed by atoms with Gasteiger partial charge in [-0.05, 0) is 34.8 Å². The minimum absolute atomic E-state index is 0.0540. The number of aromatic carboxylic acids is 1. The molecule has 0 bridgehead atoms. The fraction of sp³-hybridized carbons (Fsp3) is 0.583. The molecule has 0 aliphatic rings. The zero-order valence-corrected chi connectivity index (χ0v) is 14.9. The van der Waals surface area contributed by atoms with Crippen molar-refractivity contribution in [1.29, 1.82) is 0 Å². The highest BCUT2D eigenvalue weighted by Gasteiger charge is 2.29. The Morgan fingerprint density at radius 2 is 2.00 bits per heavy atom. The Kier molecular flexibility index (Phi) is 6.36. The third-order valence-corrected chi connectivity index (χ3v) is 7.27. The zero-order valence-electron chi connectivity index (χ0n) is 11.7. The largest absolute Gasteiger partial charge is 0.477 e. The van der Waals surface area contributed by atoms with Gasteiger partial charge in [0, 0.05) is 18.6 Å². The quantitative estimate of drug-likeness (QED) is 0.621. The van der Waals surface area contributed by atoms with Crippen LogP contribution in [0.4, 0.5) is 0 Å². The van der Waals surface area contributed by atoms with Crippen molar-refractivity contribution >= 4 is 43.3 Å². The van der Waals surface area contributed by atoms with Crippen molar-refractivity contribution in [2.45, 2.75) is 31.6 Å². The molecule has 1 aromatic heterocycles. The standard InChI is InChI=1S/C12H18BrNO5S2/c1-3-12(4-2,7-15)6-14-21(18,19)9-5-8(11(16)17)20-10(9)13/h5,14-15H,3-4,6-7H2,1-2H3,(H,16,17). The van der Waals surface area contributed by atoms with Crippen molar-refractivity contribution in [3.8, 4) is 0 Å².